The predicted octanol–water partition coefficient (Wildman–Crippen LogP) is 2.55. The first-order valence-corrected chi connectivity index (χ1v) is 9.13. The number of amides is 1. The second-order valence-corrected chi connectivity index (χ2v) is 6.61. The molecule has 0 bridgehead atoms. The van der Waals surface area contributed by atoms with Crippen LogP contribution in [0.1, 0.15) is 27.0 Å². The molecule has 1 amide bonds. The first-order valence-electron chi connectivity index (χ1n) is 9.13. The molecule has 0 spiro atoms. The van der Waals surface area contributed by atoms with Crippen LogP contribution in [0.5, 0.6) is 11.5 Å². The number of rotatable bonds is 5. The number of hydrogen-bond acceptors (Lipinski definition) is 4. The number of hydrogen-bond donors (Lipinski definition) is 2. The lowest BCUT2D eigenvalue weighted by Crippen LogP contribution is -2.43. The van der Waals surface area contributed by atoms with Gasteiger partial charge in [0.15, 0.2) is 17.5 Å². The summed E-state index contributed by atoms with van der Waals surface area (Å²) in [6.45, 7) is 2.22. The van der Waals surface area contributed by atoms with Crippen molar-refractivity contribution in [3.63, 3.8) is 0 Å². The molecule has 0 aliphatic carbocycles. The van der Waals surface area contributed by atoms with Crippen LogP contribution in [-0.4, -0.2) is 44.6 Å². The van der Waals surface area contributed by atoms with Crippen molar-refractivity contribution >= 4 is 35.8 Å². The first-order chi connectivity index (χ1) is 13.5. The van der Waals surface area contributed by atoms with Gasteiger partial charge in [0.2, 0.25) is 5.91 Å². The van der Waals surface area contributed by atoms with Crippen LogP contribution in [0.2, 0.25) is 0 Å². The molecule has 0 aromatic heterocycles. The van der Waals surface area contributed by atoms with Crippen LogP contribution >= 0.6 is 24.0 Å². The van der Waals surface area contributed by atoms with Crippen molar-refractivity contribution in [3.8, 4) is 11.5 Å². The summed E-state index contributed by atoms with van der Waals surface area (Å²) < 4.78 is 10.8. The van der Waals surface area contributed by atoms with Gasteiger partial charge in [0.25, 0.3) is 0 Å². The molecule has 156 valence electrons. The molecule has 1 aliphatic rings. The highest BCUT2D eigenvalue weighted by Crippen LogP contribution is 2.33. The van der Waals surface area contributed by atoms with E-state index in [1.54, 1.807) is 33.4 Å². The third-order valence-electron chi connectivity index (χ3n) is 4.92. The highest BCUT2D eigenvalue weighted by Gasteiger charge is 2.21. The molecule has 8 heteroatoms. The van der Waals surface area contributed by atoms with E-state index in [1.165, 1.54) is 11.1 Å². The van der Waals surface area contributed by atoms with Crippen LogP contribution in [0.15, 0.2) is 41.4 Å². The van der Waals surface area contributed by atoms with E-state index in [2.05, 4.69) is 21.3 Å². The molecule has 29 heavy (non-hydrogen) atoms. The van der Waals surface area contributed by atoms with Crippen LogP contribution in [0, 0.1) is 0 Å². The minimum absolute atomic E-state index is 0. The molecule has 2 aromatic rings. The number of nitrogens with one attached hydrogen (secondary N) is 1. The third kappa shape index (κ3) is 5.31. The Morgan fingerprint density at radius 2 is 1.76 bits per heavy atom. The number of aliphatic imine (C=N–C) groups is 1. The predicted molar refractivity (Wildman–Crippen MR) is 124 cm³/mol. The number of fused-ring (bicyclic) bond motifs is 1. The Labute approximate surface area is 188 Å². The fourth-order valence-corrected chi connectivity index (χ4v) is 3.36. The Bertz CT molecular complexity index is 884. The highest BCUT2D eigenvalue weighted by atomic mass is 127. The Morgan fingerprint density at radius 1 is 1.14 bits per heavy atom. The molecule has 1 heterocycles. The van der Waals surface area contributed by atoms with Crippen LogP contribution in [0.25, 0.3) is 0 Å². The minimum Gasteiger partial charge on any atom is -0.493 e. The van der Waals surface area contributed by atoms with E-state index in [1.807, 2.05) is 18.2 Å². The maximum Gasteiger partial charge on any atom is 0.248 e. The zero-order valence-corrected chi connectivity index (χ0v) is 19.2. The zero-order valence-electron chi connectivity index (χ0n) is 16.9. The van der Waals surface area contributed by atoms with Crippen LogP contribution in [0.4, 0.5) is 0 Å². The number of guanidine groups is 1. The standard InChI is InChI=1S/C21H26N4O3.HI/c1-23-21(24-12-14-4-6-15(7-5-14)20(22)26)25-9-8-16-10-18(27-2)19(28-3)11-17(16)13-25;/h4-7,10-11H,8-9,12-13H2,1-3H3,(H2,22,26)(H,23,24);1H. The molecule has 2 aromatic carbocycles. The lowest BCUT2D eigenvalue weighted by atomic mass is 9.99. The second kappa shape index (κ2) is 10.3. The van der Waals surface area contributed by atoms with Gasteiger partial charge in [-0.2, -0.15) is 0 Å². The minimum atomic E-state index is -0.422. The van der Waals surface area contributed by atoms with Crippen LogP contribution < -0.4 is 20.5 Å². The maximum absolute atomic E-state index is 11.2. The van der Waals surface area contributed by atoms with Crippen molar-refractivity contribution in [1.82, 2.24) is 10.2 Å². The average molecular weight is 510 g/mol. The lowest BCUT2D eigenvalue weighted by molar-refractivity contribution is 0.100. The maximum atomic E-state index is 11.2. The smallest absolute Gasteiger partial charge is 0.248 e. The molecule has 0 saturated carbocycles. The van der Waals surface area contributed by atoms with Crippen molar-refractivity contribution < 1.29 is 14.3 Å². The molecule has 0 atom stereocenters. The monoisotopic (exact) mass is 510 g/mol. The van der Waals surface area contributed by atoms with E-state index < -0.39 is 5.91 Å². The summed E-state index contributed by atoms with van der Waals surface area (Å²) in [5.74, 6) is 1.91. The number of benzene rings is 2. The molecular formula is C21H27IN4O3. The van der Waals surface area contributed by atoms with Gasteiger partial charge >= 0.3 is 0 Å². The molecular weight excluding hydrogens is 483 g/mol. The van der Waals surface area contributed by atoms with Crippen molar-refractivity contribution in [2.24, 2.45) is 10.7 Å². The molecule has 3 rings (SSSR count). The van der Waals surface area contributed by atoms with Gasteiger partial charge in [0, 0.05) is 32.2 Å². The number of halogens is 1. The number of carbonyl (C=O) groups is 1. The van der Waals surface area contributed by atoms with Gasteiger partial charge in [0.05, 0.1) is 14.2 Å². The molecule has 0 unspecified atom stereocenters. The summed E-state index contributed by atoms with van der Waals surface area (Å²) >= 11 is 0. The van der Waals surface area contributed by atoms with Gasteiger partial charge in [-0.1, -0.05) is 12.1 Å². The third-order valence-corrected chi connectivity index (χ3v) is 4.92. The summed E-state index contributed by atoms with van der Waals surface area (Å²) in [6.07, 6.45) is 0.906. The topological polar surface area (TPSA) is 89.2 Å². The van der Waals surface area contributed by atoms with E-state index in [-0.39, 0.29) is 24.0 Å². The number of methoxy groups -OCH3 is 2. The average Bonchev–Trinajstić information content (AvgIpc) is 2.73. The fourth-order valence-electron chi connectivity index (χ4n) is 3.36. The van der Waals surface area contributed by atoms with Crippen molar-refractivity contribution in [2.45, 2.75) is 19.5 Å². The van der Waals surface area contributed by atoms with Gasteiger partial charge in [0.1, 0.15) is 0 Å². The van der Waals surface area contributed by atoms with Crippen LogP contribution in [-0.2, 0) is 19.5 Å². The number of ether oxygens (including phenoxy) is 2. The molecule has 7 nitrogen and oxygen atoms in total. The Balaban J connectivity index is 0.00000300. The van der Waals surface area contributed by atoms with Crippen LogP contribution in [0.3, 0.4) is 0 Å². The SMILES string of the molecule is CN=C(NCc1ccc(C(N)=O)cc1)N1CCc2cc(OC)c(OC)cc2C1.I. The largest absolute Gasteiger partial charge is 0.493 e. The summed E-state index contributed by atoms with van der Waals surface area (Å²) in [5.41, 5.74) is 9.32. The van der Waals surface area contributed by atoms with Gasteiger partial charge in [-0.05, 0) is 47.4 Å². The summed E-state index contributed by atoms with van der Waals surface area (Å²) in [5, 5.41) is 3.39. The van der Waals surface area contributed by atoms with Crippen molar-refractivity contribution in [2.75, 3.05) is 27.8 Å². The van der Waals surface area contributed by atoms with Gasteiger partial charge < -0.3 is 25.4 Å². The van der Waals surface area contributed by atoms with Gasteiger partial charge in [-0.3, -0.25) is 9.79 Å². The van der Waals surface area contributed by atoms with E-state index in [4.69, 9.17) is 15.2 Å². The quantitative estimate of drug-likeness (QED) is 0.367. The summed E-state index contributed by atoms with van der Waals surface area (Å²) in [7, 11) is 5.08. The first kappa shape index (κ1) is 22.8. The molecule has 0 fully saturated rings. The summed E-state index contributed by atoms with van der Waals surface area (Å²) in [6, 6.07) is 11.3. The Kier molecular flexibility index (Phi) is 8.12. The molecule has 3 N–H and O–H groups in total. The second-order valence-electron chi connectivity index (χ2n) is 6.61. The molecule has 1 aliphatic heterocycles. The number of nitrogens with zero attached hydrogens (tertiary/aromatic N) is 2. The molecule has 0 saturated heterocycles. The molecule has 0 radical (unpaired) electrons. The van der Waals surface area contributed by atoms with Crippen molar-refractivity contribution in [1.29, 1.82) is 0 Å². The fraction of sp³-hybridized carbons (Fsp3) is 0.333. The number of carbonyl (C=O) groups excluding carboxylic acids is 1. The summed E-state index contributed by atoms with van der Waals surface area (Å²) in [4.78, 5) is 17.8. The number of primary amides is 1. The van der Waals surface area contributed by atoms with E-state index >= 15 is 0 Å². The van der Waals surface area contributed by atoms with E-state index in [9.17, 15) is 4.79 Å². The normalized spacial score (nSPS) is 13.2. The highest BCUT2D eigenvalue weighted by molar-refractivity contribution is 14.0. The lowest BCUT2D eigenvalue weighted by Gasteiger charge is -2.32. The van der Waals surface area contributed by atoms with Gasteiger partial charge in [-0.15, -0.1) is 24.0 Å². The van der Waals surface area contributed by atoms with Gasteiger partial charge in [-0.25, -0.2) is 0 Å². The van der Waals surface area contributed by atoms with Crippen molar-refractivity contribution in [3.05, 3.63) is 58.7 Å². The number of nitrogens with two attached hydrogens (primary N) is 1. The van der Waals surface area contributed by atoms with E-state index in [0.29, 0.717) is 12.1 Å². The Hall–Kier alpha value is -2.49. The van der Waals surface area contributed by atoms with E-state index in [0.717, 1.165) is 42.5 Å². The zero-order chi connectivity index (χ0) is 20.1. The Morgan fingerprint density at radius 3 is 2.31 bits per heavy atom.